The molecule has 0 fully saturated rings. The quantitative estimate of drug-likeness (QED) is 0.833. The fourth-order valence-electron chi connectivity index (χ4n) is 1.89. The highest BCUT2D eigenvalue weighted by Gasteiger charge is 2.27. The van der Waals surface area contributed by atoms with Crippen molar-refractivity contribution in [2.24, 2.45) is 0 Å². The highest BCUT2D eigenvalue weighted by Crippen LogP contribution is 2.28. The summed E-state index contributed by atoms with van der Waals surface area (Å²) in [6, 6.07) is 8.23. The zero-order valence-electron chi connectivity index (χ0n) is 10.7. The van der Waals surface area contributed by atoms with Crippen LogP contribution < -0.4 is 10.1 Å². The third kappa shape index (κ3) is 2.93. The maximum atomic E-state index is 6.14. The molecule has 2 rings (SSSR count). The smallest absolute Gasteiger partial charge is 0.123 e. The van der Waals surface area contributed by atoms with Crippen LogP contribution >= 0.6 is 11.6 Å². The van der Waals surface area contributed by atoms with Crippen molar-refractivity contribution in [1.29, 1.82) is 0 Å². The average Bonchev–Trinajstić information content (AvgIpc) is 2.69. The van der Waals surface area contributed by atoms with Crippen molar-refractivity contribution in [3.63, 3.8) is 0 Å². The van der Waals surface area contributed by atoms with Crippen LogP contribution in [0.15, 0.2) is 24.3 Å². The van der Waals surface area contributed by atoms with E-state index >= 15 is 0 Å². The molecule has 0 aromatic heterocycles. The van der Waals surface area contributed by atoms with Gasteiger partial charge < -0.3 is 10.1 Å². The van der Waals surface area contributed by atoms with Crippen molar-refractivity contribution in [2.45, 2.75) is 44.2 Å². The van der Waals surface area contributed by atoms with Gasteiger partial charge in [0.1, 0.15) is 11.9 Å². The van der Waals surface area contributed by atoms with E-state index in [-0.39, 0.29) is 17.0 Å². The van der Waals surface area contributed by atoms with E-state index in [1.807, 2.05) is 19.1 Å². The Bertz CT molecular complexity index is 365. The maximum Gasteiger partial charge on any atom is 0.123 e. The number of hydrogen-bond donors (Lipinski definition) is 1. The van der Waals surface area contributed by atoms with Gasteiger partial charge in [-0.1, -0.05) is 18.2 Å². The molecular weight excluding hydrogens is 234 g/mol. The Labute approximate surface area is 108 Å². The number of para-hydroxylation sites is 1. The first-order chi connectivity index (χ1) is 7.99. The number of alkyl halides is 1. The predicted octanol–water partition coefficient (Wildman–Crippen LogP) is 2.99. The summed E-state index contributed by atoms with van der Waals surface area (Å²) in [5, 5.41) is 3.57. The van der Waals surface area contributed by atoms with Crippen LogP contribution in [0.5, 0.6) is 5.75 Å². The molecule has 1 aromatic carbocycles. The molecule has 94 valence electrons. The molecule has 3 heteroatoms. The number of halogens is 1. The Morgan fingerprint density at radius 3 is 2.82 bits per heavy atom. The number of hydrogen-bond acceptors (Lipinski definition) is 2. The Morgan fingerprint density at radius 2 is 2.18 bits per heavy atom. The minimum Gasteiger partial charge on any atom is -0.488 e. The second kappa shape index (κ2) is 4.87. The van der Waals surface area contributed by atoms with Gasteiger partial charge in [-0.3, -0.25) is 0 Å². The summed E-state index contributed by atoms with van der Waals surface area (Å²) >= 11 is 6.14. The molecule has 1 heterocycles. The van der Waals surface area contributed by atoms with E-state index in [9.17, 15) is 0 Å². The van der Waals surface area contributed by atoms with Crippen molar-refractivity contribution < 1.29 is 4.74 Å². The van der Waals surface area contributed by atoms with Gasteiger partial charge in [-0.15, -0.1) is 11.6 Å². The molecule has 2 unspecified atom stereocenters. The Hall–Kier alpha value is -0.730. The normalized spacial score (nSPS) is 20.8. The topological polar surface area (TPSA) is 21.3 Å². The van der Waals surface area contributed by atoms with Crippen molar-refractivity contribution in [3.8, 4) is 5.75 Å². The lowest BCUT2D eigenvalue weighted by Gasteiger charge is -2.30. The second-order valence-corrected chi connectivity index (χ2v) is 5.92. The molecule has 1 aromatic rings. The summed E-state index contributed by atoms with van der Waals surface area (Å²) in [6.45, 7) is 7.08. The molecule has 0 spiro atoms. The van der Waals surface area contributed by atoms with Crippen LogP contribution in [0.2, 0.25) is 0 Å². The zero-order chi connectivity index (χ0) is 12.5. The number of ether oxygens (including phenoxy) is 1. The van der Waals surface area contributed by atoms with Gasteiger partial charge in [-0.25, -0.2) is 0 Å². The standard InChI is InChI=1S/C14H20ClNO/c1-10(15)14(2,3)16-9-12-8-11-6-4-5-7-13(11)17-12/h4-7,10,12,16H,8-9H2,1-3H3. The van der Waals surface area contributed by atoms with E-state index < -0.39 is 0 Å². The second-order valence-electron chi connectivity index (χ2n) is 5.27. The summed E-state index contributed by atoms with van der Waals surface area (Å²) in [5.74, 6) is 1.02. The van der Waals surface area contributed by atoms with Gasteiger partial charge >= 0.3 is 0 Å². The first-order valence-electron chi connectivity index (χ1n) is 6.13. The van der Waals surface area contributed by atoms with E-state index in [1.54, 1.807) is 0 Å². The third-order valence-electron chi connectivity index (χ3n) is 3.49. The minimum absolute atomic E-state index is 0.0698. The number of benzene rings is 1. The molecule has 1 N–H and O–H groups in total. The van der Waals surface area contributed by atoms with Crippen LogP contribution in [0.1, 0.15) is 26.3 Å². The Kier molecular flexibility index (Phi) is 3.64. The van der Waals surface area contributed by atoms with Gasteiger partial charge in [0.15, 0.2) is 0 Å². The molecule has 2 nitrogen and oxygen atoms in total. The summed E-state index contributed by atoms with van der Waals surface area (Å²) < 4.78 is 5.88. The highest BCUT2D eigenvalue weighted by molar-refractivity contribution is 6.21. The first kappa shape index (κ1) is 12.7. The van der Waals surface area contributed by atoms with E-state index in [1.165, 1.54) is 5.56 Å². The van der Waals surface area contributed by atoms with Gasteiger partial charge in [0.05, 0.1) is 0 Å². The molecule has 1 aliphatic heterocycles. The van der Waals surface area contributed by atoms with Crippen LogP contribution in [0.25, 0.3) is 0 Å². The molecule has 0 saturated heterocycles. The van der Waals surface area contributed by atoms with Gasteiger partial charge in [0.25, 0.3) is 0 Å². The van der Waals surface area contributed by atoms with Crippen LogP contribution in [-0.2, 0) is 6.42 Å². The SMILES string of the molecule is CC(Cl)C(C)(C)NCC1Cc2ccccc2O1. The minimum atomic E-state index is -0.0698. The van der Waals surface area contributed by atoms with Gasteiger partial charge in [-0.05, 0) is 32.4 Å². The predicted molar refractivity (Wildman–Crippen MR) is 72.0 cm³/mol. The summed E-state index contributed by atoms with van der Waals surface area (Å²) in [6.07, 6.45) is 1.21. The maximum absolute atomic E-state index is 6.14. The van der Waals surface area contributed by atoms with Crippen molar-refractivity contribution in [1.82, 2.24) is 5.32 Å². The van der Waals surface area contributed by atoms with Crippen molar-refractivity contribution in [3.05, 3.63) is 29.8 Å². The monoisotopic (exact) mass is 253 g/mol. The van der Waals surface area contributed by atoms with Gasteiger partial charge in [0.2, 0.25) is 0 Å². The number of fused-ring (bicyclic) bond motifs is 1. The zero-order valence-corrected chi connectivity index (χ0v) is 11.4. The van der Waals surface area contributed by atoms with Gasteiger partial charge in [0, 0.05) is 23.9 Å². The number of nitrogens with one attached hydrogen (secondary N) is 1. The van der Waals surface area contributed by atoms with Crippen LogP contribution in [0.3, 0.4) is 0 Å². The van der Waals surface area contributed by atoms with Crippen molar-refractivity contribution in [2.75, 3.05) is 6.54 Å². The van der Waals surface area contributed by atoms with Crippen LogP contribution in [0, 0.1) is 0 Å². The average molecular weight is 254 g/mol. The number of rotatable bonds is 4. The van der Waals surface area contributed by atoms with E-state index in [4.69, 9.17) is 16.3 Å². The van der Waals surface area contributed by atoms with E-state index in [2.05, 4.69) is 31.3 Å². The summed E-state index contributed by atoms with van der Waals surface area (Å²) in [5.41, 5.74) is 1.23. The Morgan fingerprint density at radius 1 is 1.47 bits per heavy atom. The van der Waals surface area contributed by atoms with Gasteiger partial charge in [-0.2, -0.15) is 0 Å². The van der Waals surface area contributed by atoms with E-state index in [0.717, 1.165) is 18.7 Å². The summed E-state index contributed by atoms with van der Waals surface area (Å²) in [7, 11) is 0. The Balaban J connectivity index is 1.88. The molecule has 17 heavy (non-hydrogen) atoms. The molecule has 0 saturated carbocycles. The molecule has 0 bridgehead atoms. The van der Waals surface area contributed by atoms with Crippen molar-refractivity contribution >= 4 is 11.6 Å². The largest absolute Gasteiger partial charge is 0.488 e. The van der Waals surface area contributed by atoms with Crippen LogP contribution in [0.4, 0.5) is 0 Å². The fourth-order valence-corrected chi connectivity index (χ4v) is 1.96. The lowest BCUT2D eigenvalue weighted by molar-refractivity contribution is 0.208. The fraction of sp³-hybridized carbons (Fsp3) is 0.571. The lowest BCUT2D eigenvalue weighted by Crippen LogP contribution is -2.49. The molecule has 0 amide bonds. The highest BCUT2D eigenvalue weighted by atomic mass is 35.5. The lowest BCUT2D eigenvalue weighted by atomic mass is 10.0. The van der Waals surface area contributed by atoms with Crippen LogP contribution in [-0.4, -0.2) is 23.6 Å². The summed E-state index contributed by atoms with van der Waals surface area (Å²) in [4.78, 5) is 0. The molecule has 0 aliphatic carbocycles. The third-order valence-corrected chi connectivity index (χ3v) is 4.04. The molecular formula is C14H20ClNO. The molecule has 1 aliphatic rings. The molecule has 0 radical (unpaired) electrons. The molecule has 2 atom stereocenters. The van der Waals surface area contributed by atoms with E-state index in [0.29, 0.717) is 0 Å². The first-order valence-corrected chi connectivity index (χ1v) is 6.56.